The summed E-state index contributed by atoms with van der Waals surface area (Å²) in [6, 6.07) is 0. The van der Waals surface area contributed by atoms with E-state index >= 15 is 0 Å². The molecule has 0 amide bonds. The van der Waals surface area contributed by atoms with Crippen molar-refractivity contribution < 1.29 is 42.8 Å². The maximum atomic E-state index is 14.6. The van der Waals surface area contributed by atoms with Crippen LogP contribution >= 0.6 is 0 Å². The summed E-state index contributed by atoms with van der Waals surface area (Å²) in [6.45, 7) is 20.8. The van der Waals surface area contributed by atoms with Crippen molar-refractivity contribution in [1.82, 2.24) is 0 Å². The van der Waals surface area contributed by atoms with Crippen LogP contribution in [0.25, 0.3) is 0 Å². The third-order valence-electron chi connectivity index (χ3n) is 12.0. The predicted octanol–water partition coefficient (Wildman–Crippen LogP) is 7.50. The number of hydrogen-bond acceptors (Lipinski definition) is 9. The standard InChI is InChI=1S/C40H62O9Si/c1-11-34-27(4)17-18-39(48-34)22-32-21-31(47-39)16-15-26(3)19-25(2)13-12-14-30-24-45-36-35(49-50(9,10)38(6,7)8)29(23-44-28(5)41)20-33(37(42)46-32)40(30,36)43/h12-15,20,25,27,31-36,43H,11,16-19,21-24H2,1-10H3/b13-12+,26-15+,30-14+/t25-,27-,31+,32-,33-,34+,35+,36+,39+,40+/m0/s1. The first-order valence-corrected chi connectivity index (χ1v) is 21.7. The Morgan fingerprint density at radius 2 is 1.90 bits per heavy atom. The van der Waals surface area contributed by atoms with Gasteiger partial charge in [-0.25, -0.2) is 0 Å². The molecule has 0 aromatic rings. The van der Waals surface area contributed by atoms with Gasteiger partial charge in [-0.3, -0.25) is 9.59 Å². The molecule has 0 saturated carbocycles. The Hall–Kier alpha value is -2.08. The van der Waals surface area contributed by atoms with E-state index in [0.717, 1.165) is 25.7 Å². The van der Waals surface area contributed by atoms with Crippen molar-refractivity contribution in [1.29, 1.82) is 0 Å². The molecule has 3 saturated heterocycles. The molecule has 0 unspecified atom stereocenters. The number of aliphatic hydroxyl groups is 1. The largest absolute Gasteiger partial charge is 0.462 e. The van der Waals surface area contributed by atoms with Crippen molar-refractivity contribution in [3.8, 4) is 0 Å². The maximum Gasteiger partial charge on any atom is 0.316 e. The number of allylic oxidation sites excluding steroid dienone is 4. The van der Waals surface area contributed by atoms with E-state index in [1.54, 1.807) is 6.08 Å². The Balaban J connectivity index is 1.59. The predicted molar refractivity (Wildman–Crippen MR) is 195 cm³/mol. The number of rotatable bonds is 5. The van der Waals surface area contributed by atoms with Gasteiger partial charge in [0.15, 0.2) is 14.1 Å². The van der Waals surface area contributed by atoms with Gasteiger partial charge in [-0.1, -0.05) is 77.5 Å². The Morgan fingerprint density at radius 1 is 1.16 bits per heavy atom. The summed E-state index contributed by atoms with van der Waals surface area (Å²) in [5.74, 6) is -2.27. The molecule has 4 heterocycles. The van der Waals surface area contributed by atoms with Crippen LogP contribution in [0.1, 0.15) is 100 Å². The lowest BCUT2D eigenvalue weighted by Crippen LogP contribution is -2.61. The van der Waals surface area contributed by atoms with Crippen molar-refractivity contribution >= 4 is 20.3 Å². The molecular weight excluding hydrogens is 653 g/mol. The molecule has 2 bridgehead atoms. The molecule has 0 aromatic heterocycles. The molecule has 1 N–H and O–H groups in total. The molecule has 5 rings (SSSR count). The topological polar surface area (TPSA) is 110 Å². The number of carbonyl (C=O) groups is 2. The van der Waals surface area contributed by atoms with Crippen molar-refractivity contribution in [2.75, 3.05) is 13.2 Å². The molecule has 10 atom stereocenters. The van der Waals surface area contributed by atoms with Crippen LogP contribution in [0.3, 0.4) is 0 Å². The Kier molecular flexibility index (Phi) is 11.8. The molecule has 3 fully saturated rings. The molecule has 10 heteroatoms. The van der Waals surface area contributed by atoms with E-state index in [1.807, 2.05) is 12.2 Å². The van der Waals surface area contributed by atoms with Crippen molar-refractivity contribution in [3.63, 3.8) is 0 Å². The minimum atomic E-state index is -2.44. The molecule has 1 spiro atoms. The molecule has 1 aliphatic carbocycles. The van der Waals surface area contributed by atoms with E-state index in [4.69, 9.17) is 28.1 Å². The summed E-state index contributed by atoms with van der Waals surface area (Å²) < 4.78 is 38.9. The number of ether oxygens (including phenoxy) is 5. The van der Waals surface area contributed by atoms with Gasteiger partial charge in [0.25, 0.3) is 0 Å². The Labute approximate surface area is 300 Å². The van der Waals surface area contributed by atoms with Crippen LogP contribution in [0.15, 0.2) is 47.1 Å². The van der Waals surface area contributed by atoms with Crippen LogP contribution in [-0.2, 0) is 37.7 Å². The summed E-state index contributed by atoms with van der Waals surface area (Å²) in [5, 5.41) is 12.8. The number of hydrogen-bond donors (Lipinski definition) is 1. The lowest BCUT2D eigenvalue weighted by molar-refractivity contribution is -0.335. The van der Waals surface area contributed by atoms with Gasteiger partial charge in [-0.15, -0.1) is 0 Å². The zero-order valence-electron chi connectivity index (χ0n) is 32.1. The van der Waals surface area contributed by atoms with E-state index in [1.165, 1.54) is 12.5 Å². The highest BCUT2D eigenvalue weighted by molar-refractivity contribution is 6.74. The monoisotopic (exact) mass is 714 g/mol. The number of fused-ring (bicyclic) bond motifs is 2. The molecule has 9 nitrogen and oxygen atoms in total. The lowest BCUT2D eigenvalue weighted by atomic mass is 9.70. The molecule has 4 aliphatic heterocycles. The van der Waals surface area contributed by atoms with Crippen LogP contribution in [0.2, 0.25) is 18.1 Å². The minimum Gasteiger partial charge on any atom is -0.462 e. The van der Waals surface area contributed by atoms with Crippen molar-refractivity contribution in [3.05, 3.63) is 47.1 Å². The first kappa shape index (κ1) is 39.1. The van der Waals surface area contributed by atoms with Gasteiger partial charge in [0.05, 0.1) is 24.9 Å². The van der Waals surface area contributed by atoms with E-state index in [2.05, 4.69) is 73.7 Å². The SMILES string of the molecule is CC[C@H]1O[C@]2(CC[C@@H]1C)C[C@@H]1C[C@@H](C/C=C(\C)C[C@@H](C)/C=C/C=C3\CO[C@@H]4[C@H](O[Si](C)(C)C(C)(C)C)C(COC(C)=O)=C[C@@H](C(=O)O1)[C@]34O)O2. The van der Waals surface area contributed by atoms with E-state index in [9.17, 15) is 14.7 Å². The van der Waals surface area contributed by atoms with Crippen molar-refractivity contribution in [2.24, 2.45) is 17.8 Å². The first-order chi connectivity index (χ1) is 23.4. The second-order valence-corrected chi connectivity index (χ2v) is 21.9. The lowest BCUT2D eigenvalue weighted by Gasteiger charge is -2.50. The van der Waals surface area contributed by atoms with Crippen LogP contribution in [0, 0.1) is 17.8 Å². The fourth-order valence-corrected chi connectivity index (χ4v) is 9.33. The van der Waals surface area contributed by atoms with Gasteiger partial charge in [-0.2, -0.15) is 0 Å². The van der Waals surface area contributed by atoms with Crippen LogP contribution in [0.4, 0.5) is 0 Å². The summed E-state index contributed by atoms with van der Waals surface area (Å²) in [6.07, 6.45) is 12.8. The molecule has 280 valence electrons. The van der Waals surface area contributed by atoms with Crippen LogP contribution in [-0.4, -0.2) is 80.5 Å². The highest BCUT2D eigenvalue weighted by Crippen LogP contribution is 2.50. The Morgan fingerprint density at radius 3 is 2.58 bits per heavy atom. The van der Waals surface area contributed by atoms with Gasteiger partial charge in [-0.05, 0) is 73.7 Å². The van der Waals surface area contributed by atoms with Gasteiger partial charge in [0, 0.05) is 26.2 Å². The maximum absolute atomic E-state index is 14.6. The highest BCUT2D eigenvalue weighted by Gasteiger charge is 2.62. The third kappa shape index (κ3) is 8.26. The fraction of sp³-hybridized carbons (Fsp3) is 0.750. The fourth-order valence-electron chi connectivity index (χ4n) is 8.06. The van der Waals surface area contributed by atoms with Gasteiger partial charge < -0.3 is 33.2 Å². The van der Waals surface area contributed by atoms with Crippen molar-refractivity contribution in [2.45, 2.75) is 160 Å². The molecule has 0 aromatic carbocycles. The summed E-state index contributed by atoms with van der Waals surface area (Å²) >= 11 is 0. The normalized spacial score (nSPS) is 41.2. The minimum absolute atomic E-state index is 0.0642. The average Bonchev–Trinajstić information content (AvgIpc) is 3.36. The average molecular weight is 715 g/mol. The quantitative estimate of drug-likeness (QED) is 0.176. The summed E-state index contributed by atoms with van der Waals surface area (Å²) in [5.41, 5.74) is 0.723. The van der Waals surface area contributed by atoms with Gasteiger partial charge >= 0.3 is 11.9 Å². The van der Waals surface area contributed by atoms with Gasteiger partial charge in [0.2, 0.25) is 0 Å². The number of esters is 2. The molecule has 5 aliphatic rings. The third-order valence-corrected chi connectivity index (χ3v) is 16.5. The number of carbonyl (C=O) groups excluding carboxylic acids is 2. The van der Waals surface area contributed by atoms with E-state index < -0.39 is 55.9 Å². The summed E-state index contributed by atoms with van der Waals surface area (Å²) in [7, 11) is -2.44. The smallest absolute Gasteiger partial charge is 0.316 e. The second-order valence-electron chi connectivity index (χ2n) is 17.1. The first-order valence-electron chi connectivity index (χ1n) is 18.8. The van der Waals surface area contributed by atoms with E-state index in [-0.39, 0.29) is 36.4 Å². The Bertz CT molecular complexity index is 1390. The van der Waals surface area contributed by atoms with Crippen LogP contribution < -0.4 is 0 Å². The zero-order valence-corrected chi connectivity index (χ0v) is 33.1. The second kappa shape index (κ2) is 15.1. The highest BCUT2D eigenvalue weighted by atomic mass is 28.4. The van der Waals surface area contributed by atoms with Gasteiger partial charge in [0.1, 0.15) is 30.3 Å². The van der Waals surface area contributed by atoms with E-state index in [0.29, 0.717) is 36.3 Å². The van der Waals surface area contributed by atoms with Crippen LogP contribution in [0.5, 0.6) is 0 Å². The molecule has 0 radical (unpaired) electrons. The zero-order chi connectivity index (χ0) is 36.6. The molecule has 50 heavy (non-hydrogen) atoms. The summed E-state index contributed by atoms with van der Waals surface area (Å²) in [4.78, 5) is 26.6. The molecular formula is C40H62O9Si.